The zero-order valence-corrected chi connectivity index (χ0v) is 23.0. The number of hydrogen-bond donors (Lipinski definition) is 3. The summed E-state index contributed by atoms with van der Waals surface area (Å²) in [5, 5.41) is 32.1. The summed E-state index contributed by atoms with van der Waals surface area (Å²) in [6, 6.07) is 20.0. The van der Waals surface area contributed by atoms with E-state index in [-0.39, 0.29) is 17.2 Å². The number of phenols is 3. The van der Waals surface area contributed by atoms with Crippen LogP contribution in [0, 0.1) is 0 Å². The summed E-state index contributed by atoms with van der Waals surface area (Å²) >= 11 is 0. The molecule has 0 amide bonds. The number of phenolic OH excluding ortho intramolecular Hbond substituents is 3. The molecular formula is C36H34O5. The maximum Gasteiger partial charge on any atom is 0.241 e. The number of hydrogen-bond acceptors (Lipinski definition) is 5. The first kappa shape index (κ1) is 27.7. The van der Waals surface area contributed by atoms with Gasteiger partial charge in [0.2, 0.25) is 6.29 Å². The molecular weight excluding hydrogens is 512 g/mol. The Labute approximate surface area is 241 Å². The van der Waals surface area contributed by atoms with Gasteiger partial charge in [0.15, 0.2) is 0 Å². The molecule has 0 saturated heterocycles. The van der Waals surface area contributed by atoms with Crippen molar-refractivity contribution in [2.45, 2.75) is 38.4 Å². The van der Waals surface area contributed by atoms with E-state index in [1.165, 1.54) is 6.07 Å². The van der Waals surface area contributed by atoms with E-state index in [9.17, 15) is 15.3 Å². The number of allylic oxidation sites excluding steroid dienone is 3. The largest absolute Gasteiger partial charge is 0.507 e. The van der Waals surface area contributed by atoms with Crippen LogP contribution in [0.2, 0.25) is 0 Å². The molecule has 0 saturated carbocycles. The number of aromatic hydroxyl groups is 3. The van der Waals surface area contributed by atoms with Gasteiger partial charge >= 0.3 is 0 Å². The Kier molecular flexibility index (Phi) is 8.16. The van der Waals surface area contributed by atoms with Gasteiger partial charge in [-0.25, -0.2) is 0 Å². The minimum absolute atomic E-state index is 0.0107. The lowest BCUT2D eigenvalue weighted by atomic mass is 9.92. The zero-order valence-electron chi connectivity index (χ0n) is 23.0. The second kappa shape index (κ2) is 12.1. The predicted molar refractivity (Wildman–Crippen MR) is 164 cm³/mol. The van der Waals surface area contributed by atoms with Gasteiger partial charge in [0.1, 0.15) is 28.7 Å². The molecule has 1 atom stereocenters. The van der Waals surface area contributed by atoms with Crippen molar-refractivity contribution in [1.82, 2.24) is 0 Å². The summed E-state index contributed by atoms with van der Waals surface area (Å²) in [6.45, 7) is 11.5. The van der Waals surface area contributed by atoms with Crippen molar-refractivity contribution in [3.63, 3.8) is 0 Å². The number of ether oxygens (including phenoxy) is 2. The van der Waals surface area contributed by atoms with Crippen molar-refractivity contribution in [2.24, 2.45) is 0 Å². The normalized spacial score (nSPS) is 14.0. The Morgan fingerprint density at radius 2 is 1.24 bits per heavy atom. The molecule has 0 radical (unpaired) electrons. The van der Waals surface area contributed by atoms with E-state index in [1.54, 1.807) is 30.3 Å². The quantitative estimate of drug-likeness (QED) is 0.175. The van der Waals surface area contributed by atoms with Crippen LogP contribution in [0.4, 0.5) is 0 Å². The van der Waals surface area contributed by atoms with Gasteiger partial charge in [0, 0.05) is 34.7 Å². The second-order valence-electron chi connectivity index (χ2n) is 10.2. The van der Waals surface area contributed by atoms with Crippen LogP contribution in [0.5, 0.6) is 28.7 Å². The zero-order chi connectivity index (χ0) is 28.9. The van der Waals surface area contributed by atoms with Crippen LogP contribution < -0.4 is 9.47 Å². The highest BCUT2D eigenvalue weighted by atomic mass is 16.7. The summed E-state index contributed by atoms with van der Waals surface area (Å²) < 4.78 is 12.6. The van der Waals surface area contributed by atoms with Gasteiger partial charge in [0.25, 0.3) is 0 Å². The number of fused-ring (bicyclic) bond motifs is 1. The van der Waals surface area contributed by atoms with Crippen LogP contribution in [0.1, 0.15) is 28.7 Å². The molecule has 1 aliphatic rings. The third-order valence-electron chi connectivity index (χ3n) is 7.20. The van der Waals surface area contributed by atoms with Crippen molar-refractivity contribution in [1.29, 1.82) is 0 Å². The summed E-state index contributed by atoms with van der Waals surface area (Å²) in [5.74, 6) is 1.36. The fourth-order valence-electron chi connectivity index (χ4n) is 5.26. The van der Waals surface area contributed by atoms with E-state index in [0.717, 1.165) is 34.2 Å². The highest BCUT2D eigenvalue weighted by Crippen LogP contribution is 2.44. The van der Waals surface area contributed by atoms with Crippen LogP contribution in [-0.4, -0.2) is 21.6 Å². The third kappa shape index (κ3) is 5.99. The Hall–Kier alpha value is -4.90. The lowest BCUT2D eigenvalue weighted by Gasteiger charge is -2.29. The van der Waals surface area contributed by atoms with Crippen molar-refractivity contribution in [3.8, 4) is 51.0 Å². The molecule has 5 nitrogen and oxygen atoms in total. The van der Waals surface area contributed by atoms with Gasteiger partial charge in [-0.05, 0) is 90.4 Å². The Bertz CT molecular complexity index is 1620. The number of benzene rings is 4. The number of aryl methyl sites for hydroxylation is 1. The van der Waals surface area contributed by atoms with Gasteiger partial charge in [-0.1, -0.05) is 36.4 Å². The van der Waals surface area contributed by atoms with E-state index < -0.39 is 6.29 Å². The van der Waals surface area contributed by atoms with Crippen LogP contribution in [-0.2, 0) is 25.7 Å². The van der Waals surface area contributed by atoms with Gasteiger partial charge < -0.3 is 24.8 Å². The van der Waals surface area contributed by atoms with Crippen LogP contribution in [0.15, 0.2) is 105 Å². The first-order valence-corrected chi connectivity index (χ1v) is 13.7. The monoisotopic (exact) mass is 546 g/mol. The van der Waals surface area contributed by atoms with Gasteiger partial charge in [0.05, 0.1) is 0 Å². The standard InChI is InChI=1S/C36H34O5/c1-4-7-23-10-15-32(37)29(19-23)28-14-13-27(22-34(28)39)40-35-17-12-26-18-25(9-6-3)21-31(36(26)41-35)30-20-24(8-5-2)11-16-33(30)38/h4-6,10-11,13-16,18-22,35,37-39H,1-3,7-9,12,17H2/t35-/m0/s1. The van der Waals surface area contributed by atoms with Gasteiger partial charge in [-0.3, -0.25) is 0 Å². The molecule has 41 heavy (non-hydrogen) atoms. The van der Waals surface area contributed by atoms with Crippen LogP contribution in [0.3, 0.4) is 0 Å². The van der Waals surface area contributed by atoms with Crippen molar-refractivity contribution < 1.29 is 24.8 Å². The third-order valence-corrected chi connectivity index (χ3v) is 7.20. The first-order valence-electron chi connectivity index (χ1n) is 13.7. The Morgan fingerprint density at radius 1 is 0.659 bits per heavy atom. The number of rotatable bonds is 10. The lowest BCUT2D eigenvalue weighted by molar-refractivity contribution is -0.00944. The fourth-order valence-corrected chi connectivity index (χ4v) is 5.26. The molecule has 0 aromatic heterocycles. The van der Waals surface area contributed by atoms with Gasteiger partial charge in [-0.2, -0.15) is 0 Å². The van der Waals surface area contributed by atoms with Crippen molar-refractivity contribution in [3.05, 3.63) is 127 Å². The summed E-state index contributed by atoms with van der Waals surface area (Å²) in [4.78, 5) is 0. The molecule has 5 heteroatoms. The average Bonchev–Trinajstić information content (AvgIpc) is 2.96. The highest BCUT2D eigenvalue weighted by Gasteiger charge is 2.26. The second-order valence-corrected chi connectivity index (χ2v) is 10.2. The predicted octanol–water partition coefficient (Wildman–Crippen LogP) is 8.05. The molecule has 4 aromatic carbocycles. The van der Waals surface area contributed by atoms with Crippen LogP contribution in [0.25, 0.3) is 22.3 Å². The SMILES string of the molecule is C=CCc1ccc(O)c(-c2ccc(O[C@@H]3CCc4cc(CC=C)cc(-c5cc(CC=C)ccc5O)c4O3)cc2O)c1. The van der Waals surface area contributed by atoms with E-state index in [4.69, 9.17) is 9.47 Å². The molecule has 4 aromatic rings. The lowest BCUT2D eigenvalue weighted by Crippen LogP contribution is -2.29. The summed E-state index contributed by atoms with van der Waals surface area (Å²) in [7, 11) is 0. The van der Waals surface area contributed by atoms with E-state index in [1.807, 2.05) is 42.5 Å². The summed E-state index contributed by atoms with van der Waals surface area (Å²) in [6.07, 6.45) is 8.26. The molecule has 1 heterocycles. The Balaban J connectivity index is 1.44. The highest BCUT2D eigenvalue weighted by molar-refractivity contribution is 5.79. The van der Waals surface area contributed by atoms with Gasteiger partial charge in [-0.15, -0.1) is 19.7 Å². The summed E-state index contributed by atoms with van der Waals surface area (Å²) in [5.41, 5.74) is 6.67. The van der Waals surface area contributed by atoms with Crippen molar-refractivity contribution in [2.75, 3.05) is 0 Å². The smallest absolute Gasteiger partial charge is 0.241 e. The minimum Gasteiger partial charge on any atom is -0.507 e. The molecule has 5 rings (SSSR count). The van der Waals surface area contributed by atoms with E-state index >= 15 is 0 Å². The van der Waals surface area contributed by atoms with E-state index in [2.05, 4.69) is 25.8 Å². The molecule has 1 aliphatic heterocycles. The molecule has 0 aliphatic carbocycles. The Morgan fingerprint density at radius 3 is 1.85 bits per heavy atom. The minimum atomic E-state index is -0.598. The molecule has 0 bridgehead atoms. The average molecular weight is 547 g/mol. The topological polar surface area (TPSA) is 79.2 Å². The first-order chi connectivity index (χ1) is 19.9. The molecule has 3 N–H and O–H groups in total. The molecule has 0 spiro atoms. The molecule has 208 valence electrons. The van der Waals surface area contributed by atoms with Crippen molar-refractivity contribution >= 4 is 0 Å². The van der Waals surface area contributed by atoms with E-state index in [0.29, 0.717) is 53.9 Å². The fraction of sp³-hybridized carbons (Fsp3) is 0.167. The van der Waals surface area contributed by atoms with Crippen LogP contribution >= 0.6 is 0 Å². The maximum absolute atomic E-state index is 10.9. The maximum atomic E-state index is 10.9. The molecule has 0 fully saturated rings. The molecule has 0 unspecified atom stereocenters.